The molecule has 0 radical (unpaired) electrons. The van der Waals surface area contributed by atoms with Crippen LogP contribution in [0, 0.1) is 0 Å². The largest absolute Gasteiger partial charge is 0.480 e. The van der Waals surface area contributed by atoms with Gasteiger partial charge in [-0.2, -0.15) is 0 Å². The lowest BCUT2D eigenvalue weighted by Crippen LogP contribution is -2.42. The zero-order valence-electron chi connectivity index (χ0n) is 16.3. The van der Waals surface area contributed by atoms with Crippen molar-refractivity contribution < 1.29 is 28.9 Å². The third-order valence-electron chi connectivity index (χ3n) is 4.92. The molecule has 0 aliphatic heterocycles. The highest BCUT2D eigenvalue weighted by molar-refractivity contribution is 5.81. The minimum Gasteiger partial charge on any atom is -0.480 e. The quantitative estimate of drug-likeness (QED) is 0.597. The van der Waals surface area contributed by atoms with Gasteiger partial charge in [-0.05, 0) is 22.3 Å². The molecule has 7 nitrogen and oxygen atoms in total. The zero-order chi connectivity index (χ0) is 20.6. The molecule has 2 N–H and O–H groups in total. The zero-order valence-corrected chi connectivity index (χ0v) is 16.3. The summed E-state index contributed by atoms with van der Waals surface area (Å²) in [5, 5.41) is 11.7. The molecule has 29 heavy (non-hydrogen) atoms. The maximum absolute atomic E-state index is 12.2. The molecular weight excluding hydrogens is 374 g/mol. The Morgan fingerprint density at radius 3 is 2.21 bits per heavy atom. The molecule has 0 saturated carbocycles. The first-order valence-corrected chi connectivity index (χ1v) is 9.52. The maximum atomic E-state index is 12.2. The molecule has 3 rings (SSSR count). The number of rotatable bonds is 10. The number of methoxy groups -OCH3 is 1. The summed E-state index contributed by atoms with van der Waals surface area (Å²) in [7, 11) is 1.56. The summed E-state index contributed by atoms with van der Waals surface area (Å²) in [4.78, 5) is 23.6. The summed E-state index contributed by atoms with van der Waals surface area (Å²) in [5.41, 5.74) is 4.47. The smallest absolute Gasteiger partial charge is 0.407 e. The topological polar surface area (TPSA) is 94.1 Å². The molecule has 0 heterocycles. The monoisotopic (exact) mass is 399 g/mol. The van der Waals surface area contributed by atoms with Gasteiger partial charge in [-0.15, -0.1) is 0 Å². The number of benzene rings is 2. The van der Waals surface area contributed by atoms with Crippen LogP contribution in [0.1, 0.15) is 23.5 Å². The van der Waals surface area contributed by atoms with Gasteiger partial charge in [0.05, 0.1) is 13.2 Å². The lowest BCUT2D eigenvalue weighted by atomic mass is 9.98. The first kappa shape index (κ1) is 20.8. The van der Waals surface area contributed by atoms with E-state index in [-0.39, 0.29) is 25.6 Å². The second-order valence-electron chi connectivity index (χ2n) is 6.75. The average molecular weight is 399 g/mol. The van der Waals surface area contributed by atoms with E-state index in [4.69, 9.17) is 14.2 Å². The number of hydrogen-bond acceptors (Lipinski definition) is 5. The van der Waals surface area contributed by atoms with Crippen LogP contribution in [0.4, 0.5) is 4.79 Å². The van der Waals surface area contributed by atoms with E-state index in [0.29, 0.717) is 13.2 Å². The molecule has 1 aliphatic rings. The van der Waals surface area contributed by atoms with Gasteiger partial charge in [0.15, 0.2) is 0 Å². The van der Waals surface area contributed by atoms with E-state index in [1.54, 1.807) is 7.11 Å². The van der Waals surface area contributed by atoms with Gasteiger partial charge in [0, 0.05) is 26.1 Å². The fourth-order valence-electron chi connectivity index (χ4n) is 3.49. The first-order chi connectivity index (χ1) is 14.1. The number of carbonyl (C=O) groups excluding carboxylic acids is 1. The Kier molecular flexibility index (Phi) is 7.21. The van der Waals surface area contributed by atoms with E-state index >= 15 is 0 Å². The molecule has 0 spiro atoms. The van der Waals surface area contributed by atoms with Crippen molar-refractivity contribution in [3.05, 3.63) is 59.7 Å². The number of alkyl carbamates (subject to hydrolysis) is 1. The minimum atomic E-state index is -1.13. The standard InChI is InChI=1S/C22H25NO6/c1-27-12-13-28-11-10-20(21(24)25)23-22(26)29-14-19-17-8-4-2-6-15(17)16-7-3-5-9-18(16)19/h2-9,19-20H,10-14H2,1H3,(H,23,26)(H,24,25)/t20-/m0/s1. The lowest BCUT2D eigenvalue weighted by molar-refractivity contribution is -0.139. The van der Waals surface area contributed by atoms with Crippen molar-refractivity contribution in [2.24, 2.45) is 0 Å². The van der Waals surface area contributed by atoms with Gasteiger partial charge in [-0.3, -0.25) is 0 Å². The Morgan fingerprint density at radius 1 is 1.00 bits per heavy atom. The van der Waals surface area contributed by atoms with E-state index in [1.807, 2.05) is 36.4 Å². The molecule has 2 aromatic carbocycles. The number of carboxylic acids is 1. The van der Waals surface area contributed by atoms with E-state index < -0.39 is 18.1 Å². The van der Waals surface area contributed by atoms with Crippen molar-refractivity contribution in [2.75, 3.05) is 33.5 Å². The van der Waals surface area contributed by atoms with Gasteiger partial charge in [-0.25, -0.2) is 9.59 Å². The Bertz CT molecular complexity index is 807. The van der Waals surface area contributed by atoms with Crippen molar-refractivity contribution in [2.45, 2.75) is 18.4 Å². The number of aliphatic carboxylic acids is 1. The van der Waals surface area contributed by atoms with E-state index in [9.17, 15) is 14.7 Å². The first-order valence-electron chi connectivity index (χ1n) is 9.52. The van der Waals surface area contributed by atoms with Crippen LogP contribution >= 0.6 is 0 Å². The molecule has 0 fully saturated rings. The molecule has 1 aliphatic carbocycles. The maximum Gasteiger partial charge on any atom is 0.407 e. The van der Waals surface area contributed by atoms with Gasteiger partial charge in [0.2, 0.25) is 0 Å². The van der Waals surface area contributed by atoms with Gasteiger partial charge in [0.1, 0.15) is 12.6 Å². The number of ether oxygens (including phenoxy) is 3. The second kappa shape index (κ2) is 10.0. The van der Waals surface area contributed by atoms with Crippen molar-refractivity contribution in [3.63, 3.8) is 0 Å². The van der Waals surface area contributed by atoms with Crippen LogP contribution in [-0.2, 0) is 19.0 Å². The summed E-state index contributed by atoms with van der Waals surface area (Å²) in [6, 6.07) is 15.0. The van der Waals surface area contributed by atoms with Crippen LogP contribution in [-0.4, -0.2) is 56.7 Å². The SMILES string of the molecule is COCCOCC[C@H](NC(=O)OCC1c2ccccc2-c2ccccc21)C(=O)O. The molecule has 0 aromatic heterocycles. The highest BCUT2D eigenvalue weighted by Crippen LogP contribution is 2.44. The number of carbonyl (C=O) groups is 2. The van der Waals surface area contributed by atoms with Crippen molar-refractivity contribution in [1.82, 2.24) is 5.32 Å². The minimum absolute atomic E-state index is 0.0752. The molecular formula is C22H25NO6. The summed E-state index contributed by atoms with van der Waals surface area (Å²) >= 11 is 0. The number of hydrogen-bond donors (Lipinski definition) is 2. The van der Waals surface area contributed by atoms with Gasteiger partial charge in [0.25, 0.3) is 0 Å². The fraction of sp³-hybridized carbons (Fsp3) is 0.364. The third kappa shape index (κ3) is 5.13. The van der Waals surface area contributed by atoms with Gasteiger partial charge < -0.3 is 24.6 Å². The normalized spacial score (nSPS) is 13.4. The summed E-state index contributed by atoms with van der Waals surface area (Å²) in [6.07, 6.45) is -0.611. The van der Waals surface area contributed by atoms with Crippen LogP contribution in [0.2, 0.25) is 0 Å². The van der Waals surface area contributed by atoms with Crippen LogP contribution < -0.4 is 5.32 Å². The number of amides is 1. The van der Waals surface area contributed by atoms with E-state index in [0.717, 1.165) is 22.3 Å². The Balaban J connectivity index is 1.56. The van der Waals surface area contributed by atoms with Crippen molar-refractivity contribution in [3.8, 4) is 11.1 Å². The van der Waals surface area contributed by atoms with E-state index in [1.165, 1.54) is 0 Å². The summed E-state index contributed by atoms with van der Waals surface area (Å²) in [6.45, 7) is 1.13. The van der Waals surface area contributed by atoms with Crippen LogP contribution in [0.25, 0.3) is 11.1 Å². The van der Waals surface area contributed by atoms with Gasteiger partial charge in [-0.1, -0.05) is 48.5 Å². The number of nitrogens with one attached hydrogen (secondary N) is 1. The Labute approximate surface area is 169 Å². The van der Waals surface area contributed by atoms with Crippen molar-refractivity contribution in [1.29, 1.82) is 0 Å². The fourth-order valence-corrected chi connectivity index (χ4v) is 3.49. The molecule has 7 heteroatoms. The van der Waals surface area contributed by atoms with E-state index in [2.05, 4.69) is 17.4 Å². The summed E-state index contributed by atoms with van der Waals surface area (Å²) in [5.74, 6) is -1.21. The van der Waals surface area contributed by atoms with Crippen LogP contribution in [0.3, 0.4) is 0 Å². The summed E-state index contributed by atoms with van der Waals surface area (Å²) < 4.78 is 15.5. The molecule has 1 atom stereocenters. The molecule has 0 saturated heterocycles. The Hall–Kier alpha value is -2.90. The van der Waals surface area contributed by atoms with Crippen LogP contribution in [0.15, 0.2) is 48.5 Å². The molecule has 2 aromatic rings. The highest BCUT2D eigenvalue weighted by Gasteiger charge is 2.29. The highest BCUT2D eigenvalue weighted by atomic mass is 16.5. The van der Waals surface area contributed by atoms with Gasteiger partial charge >= 0.3 is 12.1 Å². The second-order valence-corrected chi connectivity index (χ2v) is 6.75. The molecule has 1 amide bonds. The number of fused-ring (bicyclic) bond motifs is 3. The average Bonchev–Trinajstić information content (AvgIpc) is 3.05. The third-order valence-corrected chi connectivity index (χ3v) is 4.92. The Morgan fingerprint density at radius 2 is 1.62 bits per heavy atom. The molecule has 154 valence electrons. The predicted molar refractivity (Wildman–Crippen MR) is 107 cm³/mol. The van der Waals surface area contributed by atoms with Crippen LogP contribution in [0.5, 0.6) is 0 Å². The molecule has 0 bridgehead atoms. The number of carboxylic acid groups (broad SMARTS) is 1. The molecule has 0 unspecified atom stereocenters. The van der Waals surface area contributed by atoms with Crippen molar-refractivity contribution >= 4 is 12.1 Å². The predicted octanol–water partition coefficient (Wildman–Crippen LogP) is 3.03. The lowest BCUT2D eigenvalue weighted by Gasteiger charge is -2.17.